The maximum absolute atomic E-state index is 12.2. The van der Waals surface area contributed by atoms with E-state index < -0.39 is 0 Å². The highest BCUT2D eigenvalue weighted by Gasteiger charge is 2.07. The molecule has 0 aliphatic rings. The predicted molar refractivity (Wildman–Crippen MR) is 86.5 cm³/mol. The fraction of sp³-hybridized carbons (Fsp3) is 0.167. The molecule has 3 heteroatoms. The summed E-state index contributed by atoms with van der Waals surface area (Å²) in [6.45, 7) is 4.38. The number of hydrogen-bond acceptors (Lipinski definition) is 1. The van der Waals surface area contributed by atoms with Crippen LogP contribution in [-0.4, -0.2) is 10.5 Å². The van der Waals surface area contributed by atoms with Crippen molar-refractivity contribution in [3.05, 3.63) is 65.9 Å². The van der Waals surface area contributed by atoms with Crippen molar-refractivity contribution in [3.8, 4) is 0 Å². The van der Waals surface area contributed by atoms with Crippen molar-refractivity contribution < 1.29 is 4.79 Å². The molecular weight excluding hydrogens is 260 g/mol. The second kappa shape index (κ2) is 5.44. The Labute approximate surface area is 124 Å². The molecule has 0 unspecified atom stereocenters. The Morgan fingerprint density at radius 2 is 1.76 bits per heavy atom. The smallest absolute Gasteiger partial charge is 0.244 e. The molecule has 0 saturated carbocycles. The van der Waals surface area contributed by atoms with Crippen LogP contribution in [-0.2, 0) is 11.3 Å². The summed E-state index contributed by atoms with van der Waals surface area (Å²) in [5.41, 5.74) is 4.23. The second-order valence-electron chi connectivity index (χ2n) is 5.43. The zero-order valence-electron chi connectivity index (χ0n) is 12.3. The van der Waals surface area contributed by atoms with Gasteiger partial charge in [0.05, 0.1) is 0 Å². The van der Waals surface area contributed by atoms with E-state index in [1.807, 2.05) is 67.1 Å². The number of carbonyl (C=O) groups excluding carboxylic acids is 1. The Morgan fingerprint density at radius 1 is 1.05 bits per heavy atom. The molecule has 0 aliphatic heterocycles. The average molecular weight is 278 g/mol. The molecule has 1 N–H and O–H groups in total. The molecule has 1 aromatic heterocycles. The van der Waals surface area contributed by atoms with Crippen LogP contribution in [0.2, 0.25) is 0 Å². The number of nitrogens with zero attached hydrogens (tertiary/aromatic N) is 1. The topological polar surface area (TPSA) is 34.0 Å². The van der Waals surface area contributed by atoms with Gasteiger partial charge in [-0.25, -0.2) is 0 Å². The van der Waals surface area contributed by atoms with E-state index in [9.17, 15) is 4.79 Å². The van der Waals surface area contributed by atoms with E-state index in [1.165, 1.54) is 0 Å². The largest absolute Gasteiger partial charge is 0.338 e. The molecule has 21 heavy (non-hydrogen) atoms. The van der Waals surface area contributed by atoms with Gasteiger partial charge in [0.25, 0.3) is 0 Å². The molecule has 3 rings (SSSR count). The molecule has 0 bridgehead atoms. The molecule has 0 aliphatic carbocycles. The summed E-state index contributed by atoms with van der Waals surface area (Å²) in [6.07, 6.45) is 1.95. The Balaban J connectivity index is 1.77. The Kier molecular flexibility index (Phi) is 3.48. The number of hydrogen-bond donors (Lipinski definition) is 1. The molecule has 0 fully saturated rings. The van der Waals surface area contributed by atoms with E-state index in [0.717, 1.165) is 27.7 Å². The van der Waals surface area contributed by atoms with Gasteiger partial charge >= 0.3 is 0 Å². The van der Waals surface area contributed by atoms with Gasteiger partial charge in [-0.05, 0) is 54.6 Å². The lowest BCUT2D eigenvalue weighted by atomic mass is 10.1. The average Bonchev–Trinajstić information content (AvgIpc) is 2.81. The number of fused-ring (bicyclic) bond motifs is 1. The highest BCUT2D eigenvalue weighted by Crippen LogP contribution is 2.16. The third-order valence-corrected chi connectivity index (χ3v) is 3.50. The van der Waals surface area contributed by atoms with Crippen LogP contribution in [0.5, 0.6) is 0 Å². The molecule has 0 radical (unpaired) electrons. The van der Waals surface area contributed by atoms with Gasteiger partial charge in [0.15, 0.2) is 0 Å². The Bertz CT molecular complexity index is 782. The lowest BCUT2D eigenvalue weighted by molar-refractivity contribution is -0.116. The van der Waals surface area contributed by atoms with Gasteiger partial charge in [0, 0.05) is 17.4 Å². The SMILES string of the molecule is Cc1cc(C)cc(NC(=O)Cn2ccc3ccccc32)c1. The van der Waals surface area contributed by atoms with Crippen molar-refractivity contribution in [2.75, 3.05) is 5.32 Å². The first-order valence-corrected chi connectivity index (χ1v) is 7.04. The lowest BCUT2D eigenvalue weighted by Crippen LogP contribution is -2.18. The molecule has 3 nitrogen and oxygen atoms in total. The van der Waals surface area contributed by atoms with Gasteiger partial charge in [-0.1, -0.05) is 24.3 Å². The van der Waals surface area contributed by atoms with E-state index in [4.69, 9.17) is 0 Å². The van der Waals surface area contributed by atoms with Crippen LogP contribution in [0, 0.1) is 13.8 Å². The van der Waals surface area contributed by atoms with Crippen LogP contribution >= 0.6 is 0 Å². The number of anilines is 1. The van der Waals surface area contributed by atoms with E-state index in [0.29, 0.717) is 6.54 Å². The predicted octanol–water partition coefficient (Wildman–Crippen LogP) is 3.90. The molecule has 0 saturated heterocycles. The summed E-state index contributed by atoms with van der Waals surface area (Å²) in [6, 6.07) is 16.2. The van der Waals surface area contributed by atoms with Gasteiger partial charge < -0.3 is 9.88 Å². The minimum Gasteiger partial charge on any atom is -0.338 e. The van der Waals surface area contributed by atoms with Gasteiger partial charge in [-0.15, -0.1) is 0 Å². The number of aromatic nitrogens is 1. The summed E-state index contributed by atoms with van der Waals surface area (Å²) in [5.74, 6) is -0.0126. The number of benzene rings is 2. The highest BCUT2D eigenvalue weighted by atomic mass is 16.1. The Hall–Kier alpha value is -2.55. The standard InChI is InChI=1S/C18H18N2O/c1-13-9-14(2)11-16(10-13)19-18(21)12-20-8-7-15-5-3-4-6-17(15)20/h3-11H,12H2,1-2H3,(H,19,21). The van der Waals surface area contributed by atoms with E-state index >= 15 is 0 Å². The fourth-order valence-electron chi connectivity index (χ4n) is 2.68. The maximum Gasteiger partial charge on any atom is 0.244 e. The number of para-hydroxylation sites is 1. The zero-order chi connectivity index (χ0) is 14.8. The van der Waals surface area contributed by atoms with Crippen LogP contribution < -0.4 is 5.32 Å². The van der Waals surface area contributed by atoms with Crippen LogP contribution in [0.25, 0.3) is 10.9 Å². The van der Waals surface area contributed by atoms with Crippen molar-refractivity contribution >= 4 is 22.5 Å². The summed E-state index contributed by atoms with van der Waals surface area (Å²) in [4.78, 5) is 12.2. The van der Waals surface area contributed by atoms with Gasteiger partial charge in [-0.3, -0.25) is 4.79 Å². The summed E-state index contributed by atoms with van der Waals surface area (Å²) >= 11 is 0. The lowest BCUT2D eigenvalue weighted by Gasteiger charge is -2.09. The van der Waals surface area contributed by atoms with Crippen molar-refractivity contribution in [1.82, 2.24) is 4.57 Å². The van der Waals surface area contributed by atoms with Crippen molar-refractivity contribution in [1.29, 1.82) is 0 Å². The quantitative estimate of drug-likeness (QED) is 0.774. The third kappa shape index (κ3) is 2.97. The molecule has 1 amide bonds. The summed E-state index contributed by atoms with van der Waals surface area (Å²) in [5, 5.41) is 4.12. The molecule has 0 spiro atoms. The fourth-order valence-corrected chi connectivity index (χ4v) is 2.68. The first-order valence-electron chi connectivity index (χ1n) is 7.04. The van der Waals surface area contributed by atoms with Gasteiger partial charge in [0.2, 0.25) is 5.91 Å². The maximum atomic E-state index is 12.2. The minimum atomic E-state index is -0.0126. The monoisotopic (exact) mass is 278 g/mol. The van der Waals surface area contributed by atoms with Crippen molar-refractivity contribution in [2.24, 2.45) is 0 Å². The van der Waals surface area contributed by atoms with Gasteiger partial charge in [0.1, 0.15) is 6.54 Å². The van der Waals surface area contributed by atoms with Crippen LogP contribution in [0.3, 0.4) is 0 Å². The minimum absolute atomic E-state index is 0.0126. The number of rotatable bonds is 3. The molecule has 106 valence electrons. The van der Waals surface area contributed by atoms with Gasteiger partial charge in [-0.2, -0.15) is 0 Å². The number of amides is 1. The van der Waals surface area contributed by atoms with E-state index in [2.05, 4.69) is 11.4 Å². The van der Waals surface area contributed by atoms with E-state index in [1.54, 1.807) is 0 Å². The Morgan fingerprint density at radius 3 is 2.52 bits per heavy atom. The zero-order valence-corrected chi connectivity index (χ0v) is 12.3. The molecule has 0 atom stereocenters. The normalized spacial score (nSPS) is 10.8. The van der Waals surface area contributed by atoms with Crippen LogP contribution in [0.4, 0.5) is 5.69 Å². The molecule has 1 heterocycles. The first-order chi connectivity index (χ1) is 10.1. The highest BCUT2D eigenvalue weighted by molar-refractivity contribution is 5.92. The van der Waals surface area contributed by atoms with Crippen molar-refractivity contribution in [2.45, 2.75) is 20.4 Å². The number of nitrogens with one attached hydrogen (secondary N) is 1. The van der Waals surface area contributed by atoms with E-state index in [-0.39, 0.29) is 5.91 Å². The summed E-state index contributed by atoms with van der Waals surface area (Å²) in [7, 11) is 0. The second-order valence-corrected chi connectivity index (χ2v) is 5.43. The molecule has 3 aromatic rings. The molecule has 2 aromatic carbocycles. The van der Waals surface area contributed by atoms with Crippen molar-refractivity contribution in [3.63, 3.8) is 0 Å². The number of carbonyl (C=O) groups is 1. The number of aryl methyl sites for hydroxylation is 2. The first kappa shape index (κ1) is 13.4. The van der Waals surface area contributed by atoms with Crippen LogP contribution in [0.15, 0.2) is 54.7 Å². The third-order valence-electron chi connectivity index (χ3n) is 3.50. The summed E-state index contributed by atoms with van der Waals surface area (Å²) < 4.78 is 1.97. The van der Waals surface area contributed by atoms with Crippen LogP contribution in [0.1, 0.15) is 11.1 Å². The molecular formula is C18H18N2O.